The fraction of sp³-hybridized carbons (Fsp3) is 0.278. The van der Waals surface area contributed by atoms with E-state index in [2.05, 4.69) is 108 Å². The lowest BCUT2D eigenvalue weighted by atomic mass is 9.93. The Hall–Kier alpha value is -4.96. The number of nitriles is 1. The van der Waals surface area contributed by atoms with Crippen molar-refractivity contribution in [3.8, 4) is 17.2 Å². The summed E-state index contributed by atoms with van der Waals surface area (Å²) in [5.41, 5.74) is 15.1. The first-order valence-corrected chi connectivity index (χ1v) is 14.9. The molecule has 0 aliphatic carbocycles. The lowest BCUT2D eigenvalue weighted by Gasteiger charge is -2.37. The minimum atomic E-state index is 0.174. The van der Waals surface area contributed by atoms with E-state index in [-0.39, 0.29) is 5.82 Å². The standard InChI is InChI=1S/C36H41N7/c1-7-14-34-36-31(29-20-28(9-3)22-39-23-29)17-13-18-33(36)41-35(43(34)30-15-11-10-12-16-30)24-42(19-8-2)26(5)32(21-37)25(4)40-27(6)38/h10-18,20,22-23H,6-9,19,24,38H2,1-5H3/b32-26+,34-14+,40-25-. The fourth-order valence-corrected chi connectivity index (χ4v) is 5.43. The molecular weight excluding hydrogens is 530 g/mol. The van der Waals surface area contributed by atoms with Crippen LogP contribution in [0.2, 0.25) is 0 Å². The van der Waals surface area contributed by atoms with Gasteiger partial charge in [0.1, 0.15) is 17.7 Å². The van der Waals surface area contributed by atoms with Crippen LogP contribution in [0, 0.1) is 11.3 Å². The van der Waals surface area contributed by atoms with Gasteiger partial charge in [0.15, 0.2) is 0 Å². The second-order valence-corrected chi connectivity index (χ2v) is 10.5. The van der Waals surface area contributed by atoms with Gasteiger partial charge >= 0.3 is 0 Å². The van der Waals surface area contributed by atoms with Gasteiger partial charge in [0.05, 0.1) is 29.2 Å². The number of pyridine rings is 1. The number of anilines is 1. The third-order valence-electron chi connectivity index (χ3n) is 7.42. The molecule has 1 aromatic heterocycles. The average Bonchev–Trinajstić information content (AvgIpc) is 3.01. The Morgan fingerprint density at radius 1 is 1.09 bits per heavy atom. The number of nitrogens with two attached hydrogens (primary N) is 1. The number of benzene rings is 2. The van der Waals surface area contributed by atoms with Crippen molar-refractivity contribution in [2.24, 2.45) is 15.7 Å². The predicted octanol–water partition coefficient (Wildman–Crippen LogP) is 8.01. The SMILES string of the molecule is C=C(N)/N=C(C)\C(C#N)=C(/C)N(CCC)CC1=Nc2cccc(-c3cncc(CC)c3)c2/C(=C\CC)N1c1ccccc1. The molecule has 0 spiro atoms. The number of allylic oxidation sites excluding steroid dienone is 3. The molecule has 1 aliphatic rings. The van der Waals surface area contributed by atoms with Gasteiger partial charge in [0.2, 0.25) is 0 Å². The predicted molar refractivity (Wildman–Crippen MR) is 180 cm³/mol. The molecule has 0 saturated carbocycles. The van der Waals surface area contributed by atoms with Crippen molar-refractivity contribution < 1.29 is 0 Å². The first kappa shape index (κ1) is 31.0. The third-order valence-corrected chi connectivity index (χ3v) is 7.42. The highest BCUT2D eigenvalue weighted by atomic mass is 15.3. The van der Waals surface area contributed by atoms with Crippen LogP contribution in [0.15, 0.2) is 107 Å². The molecule has 43 heavy (non-hydrogen) atoms. The van der Waals surface area contributed by atoms with E-state index in [9.17, 15) is 5.26 Å². The van der Waals surface area contributed by atoms with Gasteiger partial charge in [-0.1, -0.05) is 63.8 Å². The Balaban J connectivity index is 1.95. The van der Waals surface area contributed by atoms with Crippen molar-refractivity contribution in [1.82, 2.24) is 9.88 Å². The fourth-order valence-electron chi connectivity index (χ4n) is 5.43. The third kappa shape index (κ3) is 6.92. The zero-order valence-corrected chi connectivity index (χ0v) is 25.9. The molecule has 0 saturated heterocycles. The van der Waals surface area contributed by atoms with E-state index >= 15 is 0 Å². The summed E-state index contributed by atoms with van der Waals surface area (Å²) in [5, 5.41) is 10.1. The summed E-state index contributed by atoms with van der Waals surface area (Å²) < 4.78 is 0. The zero-order valence-electron chi connectivity index (χ0n) is 25.9. The normalized spacial score (nSPS) is 14.5. The Morgan fingerprint density at radius 2 is 1.86 bits per heavy atom. The second kappa shape index (κ2) is 14.3. The van der Waals surface area contributed by atoms with E-state index < -0.39 is 0 Å². The highest BCUT2D eigenvalue weighted by molar-refractivity contribution is 6.16. The second-order valence-electron chi connectivity index (χ2n) is 10.5. The molecule has 2 aromatic carbocycles. The Kier molecular flexibility index (Phi) is 10.3. The van der Waals surface area contributed by atoms with Crippen LogP contribution in [0.25, 0.3) is 16.8 Å². The van der Waals surface area contributed by atoms with E-state index in [4.69, 9.17) is 10.7 Å². The Labute approximate surface area is 256 Å². The van der Waals surface area contributed by atoms with Crippen LogP contribution >= 0.6 is 0 Å². The van der Waals surface area contributed by atoms with Gasteiger partial charge in [0, 0.05) is 41.4 Å². The van der Waals surface area contributed by atoms with Crippen LogP contribution in [0.3, 0.4) is 0 Å². The largest absolute Gasteiger partial charge is 0.384 e. The number of aliphatic imine (C=N–C) groups is 2. The van der Waals surface area contributed by atoms with Gasteiger partial charge in [-0.05, 0) is 68.5 Å². The van der Waals surface area contributed by atoms with E-state index in [1.165, 1.54) is 5.56 Å². The molecular formula is C36H41N7. The van der Waals surface area contributed by atoms with Crippen LogP contribution in [0.5, 0.6) is 0 Å². The number of hydrogen-bond donors (Lipinski definition) is 1. The Morgan fingerprint density at radius 3 is 2.51 bits per heavy atom. The summed E-state index contributed by atoms with van der Waals surface area (Å²) in [6, 6.07) is 21.2. The monoisotopic (exact) mass is 571 g/mol. The molecule has 0 amide bonds. The van der Waals surface area contributed by atoms with Crippen LogP contribution in [0.1, 0.15) is 58.6 Å². The summed E-state index contributed by atoms with van der Waals surface area (Å²) in [6.45, 7) is 15.1. The van der Waals surface area contributed by atoms with E-state index in [1.807, 2.05) is 25.4 Å². The number of aromatic nitrogens is 1. The van der Waals surface area contributed by atoms with Crippen molar-refractivity contribution in [3.05, 3.63) is 108 Å². The van der Waals surface area contributed by atoms with E-state index in [1.54, 1.807) is 6.92 Å². The number of fused-ring (bicyclic) bond motifs is 1. The highest BCUT2D eigenvalue weighted by Gasteiger charge is 2.30. The van der Waals surface area contributed by atoms with Gasteiger partial charge in [-0.2, -0.15) is 5.26 Å². The maximum Gasteiger partial charge on any atom is 0.133 e. The summed E-state index contributed by atoms with van der Waals surface area (Å²) in [6.07, 6.45) is 8.80. The smallest absolute Gasteiger partial charge is 0.133 e. The molecule has 3 aromatic rings. The number of aryl methyl sites for hydroxylation is 1. The molecule has 4 rings (SSSR count). The maximum atomic E-state index is 10.1. The van der Waals surface area contributed by atoms with Gasteiger partial charge in [-0.3, -0.25) is 9.88 Å². The molecule has 7 heteroatoms. The molecule has 220 valence electrons. The number of nitrogens with zero attached hydrogens (tertiary/aromatic N) is 6. The van der Waals surface area contributed by atoms with Crippen LogP contribution in [-0.2, 0) is 6.42 Å². The molecule has 0 radical (unpaired) electrons. The number of rotatable bonds is 11. The highest BCUT2D eigenvalue weighted by Crippen LogP contribution is 2.43. The summed E-state index contributed by atoms with van der Waals surface area (Å²) >= 11 is 0. The maximum absolute atomic E-state index is 10.1. The topological polar surface area (TPSA) is 93.9 Å². The summed E-state index contributed by atoms with van der Waals surface area (Å²) in [5.74, 6) is 1.05. The van der Waals surface area contributed by atoms with Crippen LogP contribution in [0.4, 0.5) is 11.4 Å². The number of hydrogen-bond acceptors (Lipinski definition) is 7. The quantitative estimate of drug-likeness (QED) is 0.186. The van der Waals surface area contributed by atoms with E-state index in [0.717, 1.165) is 71.1 Å². The van der Waals surface area contributed by atoms with Crippen molar-refractivity contribution in [2.75, 3.05) is 18.0 Å². The van der Waals surface area contributed by atoms with Gasteiger partial charge in [-0.15, -0.1) is 0 Å². The van der Waals surface area contributed by atoms with Crippen LogP contribution < -0.4 is 10.6 Å². The van der Waals surface area contributed by atoms with Crippen molar-refractivity contribution in [3.63, 3.8) is 0 Å². The molecule has 0 atom stereocenters. The first-order valence-electron chi connectivity index (χ1n) is 14.9. The molecule has 7 nitrogen and oxygen atoms in total. The molecule has 0 fully saturated rings. The Bertz CT molecular complexity index is 1640. The molecule has 0 unspecified atom stereocenters. The van der Waals surface area contributed by atoms with Gasteiger partial charge in [0.25, 0.3) is 0 Å². The minimum Gasteiger partial charge on any atom is -0.384 e. The van der Waals surface area contributed by atoms with Crippen molar-refractivity contribution in [1.29, 1.82) is 5.26 Å². The minimum absolute atomic E-state index is 0.174. The lowest BCUT2D eigenvalue weighted by molar-refractivity contribution is 0.388. The molecule has 2 N–H and O–H groups in total. The molecule has 1 aliphatic heterocycles. The molecule has 0 bridgehead atoms. The van der Waals surface area contributed by atoms with Crippen LogP contribution in [-0.4, -0.2) is 34.5 Å². The van der Waals surface area contributed by atoms with Crippen molar-refractivity contribution >= 4 is 28.6 Å². The van der Waals surface area contributed by atoms with Gasteiger partial charge in [-0.25, -0.2) is 9.98 Å². The van der Waals surface area contributed by atoms with Gasteiger partial charge < -0.3 is 10.6 Å². The lowest BCUT2D eigenvalue weighted by Crippen LogP contribution is -2.41. The van der Waals surface area contributed by atoms with E-state index in [0.29, 0.717) is 17.8 Å². The molecule has 2 heterocycles. The summed E-state index contributed by atoms with van der Waals surface area (Å²) in [7, 11) is 0. The number of para-hydroxylation sites is 1. The zero-order chi connectivity index (χ0) is 30.9. The average molecular weight is 572 g/mol. The summed E-state index contributed by atoms with van der Waals surface area (Å²) in [4.78, 5) is 18.6. The van der Waals surface area contributed by atoms with Crippen molar-refractivity contribution in [2.45, 2.75) is 53.9 Å². The first-order chi connectivity index (χ1) is 20.8. The number of amidine groups is 1.